The molecule has 0 spiro atoms. The third-order valence-electron chi connectivity index (χ3n) is 4.65. The molecule has 2 aromatic rings. The summed E-state index contributed by atoms with van der Waals surface area (Å²) in [5, 5.41) is 2.87. The Hall–Kier alpha value is -2.95. The Balaban J connectivity index is 1.53. The fourth-order valence-electron chi connectivity index (χ4n) is 3.11. The van der Waals surface area contributed by atoms with E-state index in [1.165, 1.54) is 5.56 Å². The van der Waals surface area contributed by atoms with Crippen molar-refractivity contribution in [2.45, 2.75) is 6.92 Å². The number of urea groups is 1. The zero-order valence-corrected chi connectivity index (χ0v) is 15.3. The molecule has 0 radical (unpaired) electrons. The van der Waals surface area contributed by atoms with E-state index < -0.39 is 0 Å². The first-order valence-corrected chi connectivity index (χ1v) is 8.84. The van der Waals surface area contributed by atoms with Gasteiger partial charge in [-0.25, -0.2) is 4.79 Å². The van der Waals surface area contributed by atoms with Gasteiger partial charge in [0.1, 0.15) is 5.75 Å². The van der Waals surface area contributed by atoms with Gasteiger partial charge in [0.05, 0.1) is 12.8 Å². The summed E-state index contributed by atoms with van der Waals surface area (Å²) in [6, 6.07) is 16.0. The monoisotopic (exact) mass is 351 g/mol. The van der Waals surface area contributed by atoms with E-state index in [0.717, 1.165) is 30.1 Å². The highest BCUT2D eigenvalue weighted by molar-refractivity contribution is 5.76. The van der Waals surface area contributed by atoms with Crippen molar-refractivity contribution in [3.63, 3.8) is 0 Å². The molecule has 1 aliphatic rings. The molecule has 0 atom stereocenters. The fourth-order valence-corrected chi connectivity index (χ4v) is 3.11. The number of para-hydroxylation sites is 2. The van der Waals surface area contributed by atoms with Crippen LogP contribution in [-0.2, 0) is 0 Å². The quantitative estimate of drug-likeness (QED) is 0.917. The van der Waals surface area contributed by atoms with Crippen LogP contribution in [0.3, 0.4) is 0 Å². The number of carbonyl (C=O) groups excluding carboxylic acids is 1. The Morgan fingerprint density at radius 2 is 1.73 bits per heavy atom. The predicted molar refractivity (Wildman–Crippen MR) is 106 cm³/mol. The van der Waals surface area contributed by atoms with E-state index in [4.69, 9.17) is 4.74 Å². The standard InChI is InChI=1S/C21H25N3O2/c1-17-7-3-4-8-18(17)11-12-22-21(25)24-15-13-23(14-16-24)19-9-5-6-10-20(19)26-2/h3-12H,13-16H2,1-2H3,(H,22,25)/b12-11+. The van der Waals surface area contributed by atoms with Crippen LogP contribution in [0.4, 0.5) is 10.5 Å². The SMILES string of the molecule is COc1ccccc1N1CCN(C(=O)N/C=C/c2ccccc2C)CC1. The minimum atomic E-state index is -0.0606. The summed E-state index contributed by atoms with van der Waals surface area (Å²) in [6.45, 7) is 4.99. The molecule has 0 unspecified atom stereocenters. The molecule has 3 rings (SSSR count). The molecule has 2 amide bonds. The molecule has 1 saturated heterocycles. The van der Waals surface area contributed by atoms with Crippen molar-refractivity contribution in [3.05, 3.63) is 65.9 Å². The number of aryl methyl sites for hydroxylation is 1. The molecule has 1 aliphatic heterocycles. The van der Waals surface area contributed by atoms with Crippen LogP contribution < -0.4 is 15.0 Å². The van der Waals surface area contributed by atoms with Crippen LogP contribution in [0.25, 0.3) is 6.08 Å². The second-order valence-electron chi connectivity index (χ2n) is 6.29. The number of carbonyl (C=O) groups is 1. The maximum absolute atomic E-state index is 12.4. The van der Waals surface area contributed by atoms with E-state index in [9.17, 15) is 4.79 Å². The Morgan fingerprint density at radius 1 is 1.04 bits per heavy atom. The van der Waals surface area contributed by atoms with Crippen LogP contribution in [0.5, 0.6) is 5.75 Å². The molecule has 0 aliphatic carbocycles. The number of hydrogen-bond donors (Lipinski definition) is 1. The van der Waals surface area contributed by atoms with Crippen LogP contribution in [0.1, 0.15) is 11.1 Å². The molecule has 5 nitrogen and oxygen atoms in total. The van der Waals surface area contributed by atoms with E-state index in [1.807, 2.05) is 47.4 Å². The van der Waals surface area contributed by atoms with E-state index in [-0.39, 0.29) is 6.03 Å². The van der Waals surface area contributed by atoms with Crippen molar-refractivity contribution in [1.82, 2.24) is 10.2 Å². The molecule has 136 valence electrons. The van der Waals surface area contributed by atoms with Gasteiger partial charge < -0.3 is 19.9 Å². The molecule has 0 aromatic heterocycles. The van der Waals surface area contributed by atoms with Crippen LogP contribution in [-0.4, -0.2) is 44.2 Å². The third-order valence-corrected chi connectivity index (χ3v) is 4.65. The second-order valence-corrected chi connectivity index (χ2v) is 6.29. The number of rotatable bonds is 4. The van der Waals surface area contributed by atoms with Gasteiger partial charge in [0.25, 0.3) is 0 Å². The molecule has 5 heteroatoms. The average Bonchev–Trinajstić information content (AvgIpc) is 2.69. The van der Waals surface area contributed by atoms with Gasteiger partial charge in [-0.2, -0.15) is 0 Å². The molecule has 1 N–H and O–H groups in total. The largest absolute Gasteiger partial charge is 0.495 e. The van der Waals surface area contributed by atoms with Crippen LogP contribution in [0.2, 0.25) is 0 Å². The van der Waals surface area contributed by atoms with Crippen LogP contribution >= 0.6 is 0 Å². The lowest BCUT2D eigenvalue weighted by atomic mass is 10.1. The lowest BCUT2D eigenvalue weighted by Gasteiger charge is -2.36. The molecule has 26 heavy (non-hydrogen) atoms. The molecular formula is C21H25N3O2. The van der Waals surface area contributed by atoms with Gasteiger partial charge in [0, 0.05) is 32.4 Å². The Morgan fingerprint density at radius 3 is 2.46 bits per heavy atom. The molecule has 0 bridgehead atoms. The van der Waals surface area contributed by atoms with Crippen LogP contribution in [0.15, 0.2) is 54.7 Å². The number of anilines is 1. The first-order valence-electron chi connectivity index (χ1n) is 8.84. The molecule has 0 saturated carbocycles. The third kappa shape index (κ3) is 4.17. The van der Waals surface area contributed by atoms with Gasteiger partial charge in [-0.1, -0.05) is 36.4 Å². The van der Waals surface area contributed by atoms with E-state index in [2.05, 4.69) is 29.3 Å². The molecule has 1 fully saturated rings. The number of nitrogens with one attached hydrogen (secondary N) is 1. The number of methoxy groups -OCH3 is 1. The number of piperazine rings is 1. The zero-order chi connectivity index (χ0) is 18.4. The Bertz CT molecular complexity index is 780. The maximum atomic E-state index is 12.4. The Labute approximate surface area is 154 Å². The van der Waals surface area contributed by atoms with Gasteiger partial charge in [-0.15, -0.1) is 0 Å². The smallest absolute Gasteiger partial charge is 0.321 e. The number of hydrogen-bond acceptors (Lipinski definition) is 3. The summed E-state index contributed by atoms with van der Waals surface area (Å²) in [4.78, 5) is 16.5. The predicted octanol–water partition coefficient (Wildman–Crippen LogP) is 3.51. The highest BCUT2D eigenvalue weighted by atomic mass is 16.5. The van der Waals surface area contributed by atoms with Crippen molar-refractivity contribution < 1.29 is 9.53 Å². The summed E-state index contributed by atoms with van der Waals surface area (Å²) < 4.78 is 5.43. The summed E-state index contributed by atoms with van der Waals surface area (Å²) in [6.07, 6.45) is 3.65. The topological polar surface area (TPSA) is 44.8 Å². The number of amides is 2. The fraction of sp³-hybridized carbons (Fsp3) is 0.286. The summed E-state index contributed by atoms with van der Waals surface area (Å²) in [7, 11) is 1.68. The van der Waals surface area contributed by atoms with Gasteiger partial charge in [-0.05, 0) is 36.3 Å². The van der Waals surface area contributed by atoms with Crippen molar-refractivity contribution in [2.24, 2.45) is 0 Å². The summed E-state index contributed by atoms with van der Waals surface area (Å²) >= 11 is 0. The lowest BCUT2D eigenvalue weighted by Crippen LogP contribution is -2.51. The van der Waals surface area contributed by atoms with Gasteiger partial charge in [-0.3, -0.25) is 0 Å². The number of nitrogens with zero attached hydrogens (tertiary/aromatic N) is 2. The molecular weight excluding hydrogens is 326 g/mol. The van der Waals surface area contributed by atoms with Gasteiger partial charge >= 0.3 is 6.03 Å². The second kappa shape index (κ2) is 8.43. The average molecular weight is 351 g/mol. The zero-order valence-electron chi connectivity index (χ0n) is 15.3. The van der Waals surface area contributed by atoms with E-state index in [0.29, 0.717) is 13.1 Å². The van der Waals surface area contributed by atoms with Crippen molar-refractivity contribution >= 4 is 17.8 Å². The van der Waals surface area contributed by atoms with Crippen molar-refractivity contribution in [3.8, 4) is 5.75 Å². The normalized spacial score (nSPS) is 14.5. The van der Waals surface area contributed by atoms with Crippen molar-refractivity contribution in [1.29, 1.82) is 0 Å². The highest BCUT2D eigenvalue weighted by Crippen LogP contribution is 2.28. The first-order chi connectivity index (χ1) is 12.7. The number of ether oxygens (including phenoxy) is 1. The van der Waals surface area contributed by atoms with Crippen molar-refractivity contribution in [2.75, 3.05) is 38.2 Å². The highest BCUT2D eigenvalue weighted by Gasteiger charge is 2.22. The van der Waals surface area contributed by atoms with Gasteiger partial charge in [0.2, 0.25) is 0 Å². The van der Waals surface area contributed by atoms with E-state index in [1.54, 1.807) is 13.3 Å². The lowest BCUT2D eigenvalue weighted by molar-refractivity contribution is 0.198. The minimum Gasteiger partial charge on any atom is -0.495 e. The van der Waals surface area contributed by atoms with Crippen LogP contribution in [0, 0.1) is 6.92 Å². The summed E-state index contributed by atoms with van der Waals surface area (Å²) in [5.41, 5.74) is 3.37. The molecule has 1 heterocycles. The summed E-state index contributed by atoms with van der Waals surface area (Å²) in [5.74, 6) is 0.867. The Kier molecular flexibility index (Phi) is 5.79. The minimum absolute atomic E-state index is 0.0606. The maximum Gasteiger partial charge on any atom is 0.321 e. The van der Waals surface area contributed by atoms with Gasteiger partial charge in [0.15, 0.2) is 0 Å². The number of benzene rings is 2. The first kappa shape index (κ1) is 17.9. The van der Waals surface area contributed by atoms with E-state index >= 15 is 0 Å². The molecule has 2 aromatic carbocycles.